The van der Waals surface area contributed by atoms with Gasteiger partial charge < -0.3 is 20.2 Å². The number of carbonyl (C=O) groups is 4. The Bertz CT molecular complexity index is 897. The largest absolute Gasteiger partial charge is 0.465 e. The van der Waals surface area contributed by atoms with E-state index in [1.807, 2.05) is 0 Å². The Morgan fingerprint density at radius 2 is 1.77 bits per heavy atom. The van der Waals surface area contributed by atoms with Crippen molar-refractivity contribution in [2.45, 2.75) is 13.8 Å². The van der Waals surface area contributed by atoms with Crippen LogP contribution < -0.4 is 5.73 Å². The SMILES string of the molecule is CCOC(=O)C(=O)c1[nH]c(C(=O)c2ccccc2N)c(C(=O)OC)c1C. The number of aromatic nitrogens is 1. The first kappa shape index (κ1) is 18.9. The van der Waals surface area contributed by atoms with Gasteiger partial charge in [0.2, 0.25) is 5.78 Å². The number of Topliss-reactive ketones (excluding diaryl/α,β-unsaturated/α-hetero) is 1. The van der Waals surface area contributed by atoms with Gasteiger partial charge in [-0.1, -0.05) is 12.1 Å². The van der Waals surface area contributed by atoms with Crippen LogP contribution in [0.2, 0.25) is 0 Å². The minimum absolute atomic E-state index is 0.0144. The van der Waals surface area contributed by atoms with E-state index in [1.54, 1.807) is 19.1 Å². The molecule has 8 heteroatoms. The van der Waals surface area contributed by atoms with E-state index in [-0.39, 0.29) is 40.4 Å². The molecule has 0 saturated carbocycles. The van der Waals surface area contributed by atoms with E-state index < -0.39 is 23.5 Å². The smallest absolute Gasteiger partial charge is 0.381 e. The van der Waals surface area contributed by atoms with Crippen molar-refractivity contribution in [2.24, 2.45) is 0 Å². The van der Waals surface area contributed by atoms with Gasteiger partial charge in [0.25, 0.3) is 5.78 Å². The van der Waals surface area contributed by atoms with Gasteiger partial charge in [-0.05, 0) is 31.5 Å². The summed E-state index contributed by atoms with van der Waals surface area (Å²) < 4.78 is 9.39. The van der Waals surface area contributed by atoms with Crippen molar-refractivity contribution in [3.8, 4) is 0 Å². The molecular weight excluding hydrogens is 340 g/mol. The molecule has 1 aromatic heterocycles. The van der Waals surface area contributed by atoms with Crippen molar-refractivity contribution in [2.75, 3.05) is 19.5 Å². The van der Waals surface area contributed by atoms with Crippen LogP contribution in [0.5, 0.6) is 0 Å². The van der Waals surface area contributed by atoms with E-state index in [2.05, 4.69) is 9.72 Å². The Morgan fingerprint density at radius 1 is 1.12 bits per heavy atom. The topological polar surface area (TPSA) is 129 Å². The number of H-pyrrole nitrogens is 1. The fourth-order valence-corrected chi connectivity index (χ4v) is 2.49. The second kappa shape index (κ2) is 7.64. The highest BCUT2D eigenvalue weighted by molar-refractivity contribution is 6.41. The van der Waals surface area contributed by atoms with Gasteiger partial charge in [0.05, 0.1) is 25.0 Å². The molecule has 0 aliphatic heterocycles. The number of para-hydroxylation sites is 1. The second-order valence-corrected chi connectivity index (χ2v) is 5.33. The van der Waals surface area contributed by atoms with E-state index in [1.165, 1.54) is 19.1 Å². The van der Waals surface area contributed by atoms with Crippen molar-refractivity contribution in [3.05, 3.63) is 52.3 Å². The summed E-state index contributed by atoms with van der Waals surface area (Å²) in [5.41, 5.74) is 5.77. The average molecular weight is 358 g/mol. The standard InChI is InChI=1S/C18H18N2O6/c1-4-26-18(24)16(22)13-9(2)12(17(23)25-3)14(20-13)15(21)10-7-5-6-8-11(10)19/h5-8,20H,4,19H2,1-3H3. The number of ether oxygens (including phenoxy) is 2. The molecule has 136 valence electrons. The normalized spacial score (nSPS) is 10.3. The molecule has 0 spiro atoms. The van der Waals surface area contributed by atoms with Crippen molar-refractivity contribution >= 4 is 29.2 Å². The summed E-state index contributed by atoms with van der Waals surface area (Å²) in [7, 11) is 1.15. The van der Waals surface area contributed by atoms with Crippen LogP contribution in [-0.4, -0.2) is 42.2 Å². The number of nitrogen functional groups attached to an aromatic ring is 1. The second-order valence-electron chi connectivity index (χ2n) is 5.33. The van der Waals surface area contributed by atoms with E-state index in [0.29, 0.717) is 0 Å². The predicted octanol–water partition coefficient (Wildman–Crippen LogP) is 1.67. The number of ketones is 2. The lowest BCUT2D eigenvalue weighted by molar-refractivity contribution is -0.137. The van der Waals surface area contributed by atoms with E-state index >= 15 is 0 Å². The van der Waals surface area contributed by atoms with Crippen LogP contribution in [0.4, 0.5) is 5.69 Å². The molecule has 0 unspecified atom stereocenters. The molecule has 3 N–H and O–H groups in total. The summed E-state index contributed by atoms with van der Waals surface area (Å²) in [6.07, 6.45) is 0. The fourth-order valence-electron chi connectivity index (χ4n) is 2.49. The lowest BCUT2D eigenvalue weighted by Gasteiger charge is -2.05. The van der Waals surface area contributed by atoms with Gasteiger partial charge in [-0.25, -0.2) is 9.59 Å². The molecule has 1 heterocycles. The maximum absolute atomic E-state index is 12.8. The van der Waals surface area contributed by atoms with Crippen LogP contribution in [0.15, 0.2) is 24.3 Å². The Labute approximate surface area is 149 Å². The minimum atomic E-state index is -1.09. The molecule has 2 aromatic rings. The lowest BCUT2D eigenvalue weighted by Crippen LogP contribution is -2.19. The first-order valence-electron chi connectivity index (χ1n) is 7.74. The van der Waals surface area contributed by atoms with E-state index in [0.717, 1.165) is 7.11 Å². The number of nitrogens with one attached hydrogen (secondary N) is 1. The first-order chi connectivity index (χ1) is 12.3. The summed E-state index contributed by atoms with van der Waals surface area (Å²) in [6.45, 7) is 3.00. The van der Waals surface area contributed by atoms with Crippen LogP contribution >= 0.6 is 0 Å². The molecule has 0 atom stereocenters. The van der Waals surface area contributed by atoms with Crippen LogP contribution in [0.3, 0.4) is 0 Å². The third-order valence-corrected chi connectivity index (χ3v) is 3.76. The molecular formula is C18H18N2O6. The number of benzene rings is 1. The van der Waals surface area contributed by atoms with Crippen LogP contribution in [0.25, 0.3) is 0 Å². The molecule has 0 amide bonds. The monoisotopic (exact) mass is 358 g/mol. The molecule has 0 aliphatic carbocycles. The number of aromatic amines is 1. The van der Waals surface area contributed by atoms with Gasteiger partial charge in [-0.3, -0.25) is 9.59 Å². The molecule has 8 nitrogen and oxygen atoms in total. The van der Waals surface area contributed by atoms with E-state index in [9.17, 15) is 19.2 Å². The number of methoxy groups -OCH3 is 1. The van der Waals surface area contributed by atoms with Gasteiger partial charge >= 0.3 is 11.9 Å². The number of hydrogen-bond donors (Lipinski definition) is 2. The number of anilines is 1. The van der Waals surface area contributed by atoms with Crippen molar-refractivity contribution < 1.29 is 28.7 Å². The van der Waals surface area contributed by atoms with Gasteiger partial charge in [0, 0.05) is 11.3 Å². The molecule has 0 fully saturated rings. The fraction of sp³-hybridized carbons (Fsp3) is 0.222. The van der Waals surface area contributed by atoms with Gasteiger partial charge in [-0.2, -0.15) is 0 Å². The summed E-state index contributed by atoms with van der Waals surface area (Å²) in [5.74, 6) is -3.50. The third kappa shape index (κ3) is 3.34. The highest BCUT2D eigenvalue weighted by Crippen LogP contribution is 2.25. The van der Waals surface area contributed by atoms with E-state index in [4.69, 9.17) is 10.5 Å². The maximum atomic E-state index is 12.8. The highest BCUT2D eigenvalue weighted by atomic mass is 16.5. The number of carbonyl (C=O) groups excluding carboxylic acids is 4. The zero-order valence-electron chi connectivity index (χ0n) is 14.5. The zero-order chi connectivity index (χ0) is 19.4. The third-order valence-electron chi connectivity index (χ3n) is 3.76. The molecule has 1 aromatic carbocycles. The molecule has 0 radical (unpaired) electrons. The summed E-state index contributed by atoms with van der Waals surface area (Å²) in [5, 5.41) is 0. The Kier molecular flexibility index (Phi) is 5.56. The number of hydrogen-bond acceptors (Lipinski definition) is 7. The van der Waals surface area contributed by atoms with Crippen LogP contribution in [0, 0.1) is 6.92 Å². The highest BCUT2D eigenvalue weighted by Gasteiger charge is 2.31. The molecule has 26 heavy (non-hydrogen) atoms. The van der Waals surface area contributed by atoms with Gasteiger partial charge in [0.15, 0.2) is 0 Å². The van der Waals surface area contributed by atoms with Gasteiger partial charge in [0.1, 0.15) is 5.69 Å². The Hall–Kier alpha value is -3.42. The van der Waals surface area contributed by atoms with Crippen molar-refractivity contribution in [3.63, 3.8) is 0 Å². The zero-order valence-corrected chi connectivity index (χ0v) is 14.5. The summed E-state index contributed by atoms with van der Waals surface area (Å²) >= 11 is 0. The lowest BCUT2D eigenvalue weighted by atomic mass is 10.0. The van der Waals surface area contributed by atoms with Crippen LogP contribution in [-0.2, 0) is 14.3 Å². The number of nitrogens with two attached hydrogens (primary N) is 1. The van der Waals surface area contributed by atoms with Crippen molar-refractivity contribution in [1.29, 1.82) is 0 Å². The first-order valence-corrected chi connectivity index (χ1v) is 7.74. The van der Waals surface area contributed by atoms with Crippen molar-refractivity contribution in [1.82, 2.24) is 4.98 Å². The predicted molar refractivity (Wildman–Crippen MR) is 92.1 cm³/mol. The molecule has 0 saturated heterocycles. The number of rotatable bonds is 6. The minimum Gasteiger partial charge on any atom is -0.465 e. The van der Waals surface area contributed by atoms with Crippen LogP contribution in [0.1, 0.15) is 49.4 Å². The molecule has 2 rings (SSSR count). The molecule has 0 bridgehead atoms. The molecule has 0 aliphatic rings. The Balaban J connectivity index is 2.62. The summed E-state index contributed by atoms with van der Waals surface area (Å²) in [6, 6.07) is 6.29. The van der Waals surface area contributed by atoms with Gasteiger partial charge in [-0.15, -0.1) is 0 Å². The maximum Gasteiger partial charge on any atom is 0.381 e. The summed E-state index contributed by atoms with van der Waals surface area (Å²) in [4.78, 5) is 51.6. The quantitative estimate of drug-likeness (QED) is 0.348. The average Bonchev–Trinajstić information content (AvgIpc) is 2.97. The Morgan fingerprint density at radius 3 is 2.35 bits per heavy atom. The number of esters is 2.